The zero-order chi connectivity index (χ0) is 32.1. The Labute approximate surface area is 271 Å². The van der Waals surface area contributed by atoms with Crippen molar-refractivity contribution in [2.45, 2.75) is 49.9 Å². The molecule has 5 rings (SSSR count). The van der Waals surface area contributed by atoms with Crippen LogP contribution in [0.4, 0.5) is 4.79 Å². The number of rotatable bonds is 9. The lowest BCUT2D eigenvalue weighted by atomic mass is 10.0. The highest BCUT2D eigenvalue weighted by molar-refractivity contribution is 8.05. The second-order valence-electron chi connectivity index (χ2n) is 11.5. The number of ether oxygens (including phenoxy) is 2. The maximum atomic E-state index is 13.9. The molecule has 0 saturated carbocycles. The van der Waals surface area contributed by atoms with Crippen LogP contribution in [0.25, 0.3) is 0 Å². The summed E-state index contributed by atoms with van der Waals surface area (Å²) in [7, 11) is 0. The van der Waals surface area contributed by atoms with Gasteiger partial charge in [0.15, 0.2) is 6.10 Å². The zero-order valence-corrected chi connectivity index (χ0v) is 27.0. The first-order valence-corrected chi connectivity index (χ1v) is 16.7. The van der Waals surface area contributed by atoms with E-state index in [4.69, 9.17) is 9.47 Å². The van der Waals surface area contributed by atoms with Gasteiger partial charge in [0, 0.05) is 10.7 Å². The Morgan fingerprint density at radius 3 is 1.93 bits per heavy atom. The number of nitrogens with one attached hydrogen (secondary N) is 2. The van der Waals surface area contributed by atoms with Crippen LogP contribution in [0.5, 0.6) is 0 Å². The molecular weight excluding hydrogens is 611 g/mol. The maximum Gasteiger partial charge on any atom is 0.408 e. The Bertz CT molecular complexity index is 1540. The average Bonchev–Trinajstić information content (AvgIpc) is 3.04. The molecule has 234 valence electrons. The van der Waals surface area contributed by atoms with Crippen molar-refractivity contribution in [2.75, 3.05) is 12.0 Å². The van der Waals surface area contributed by atoms with Crippen molar-refractivity contribution in [3.05, 3.63) is 118 Å². The van der Waals surface area contributed by atoms with Gasteiger partial charge in [-0.25, -0.2) is 9.59 Å². The summed E-state index contributed by atoms with van der Waals surface area (Å²) >= 11 is 2.84. The first-order valence-electron chi connectivity index (χ1n) is 14.4. The van der Waals surface area contributed by atoms with Gasteiger partial charge in [-0.1, -0.05) is 91.0 Å². The summed E-state index contributed by atoms with van der Waals surface area (Å²) in [6.07, 6.45) is 0.413. The molecule has 3 atom stereocenters. The van der Waals surface area contributed by atoms with E-state index in [-0.39, 0.29) is 5.70 Å². The van der Waals surface area contributed by atoms with Crippen LogP contribution in [0.2, 0.25) is 0 Å². The van der Waals surface area contributed by atoms with Crippen molar-refractivity contribution < 1.29 is 28.7 Å². The summed E-state index contributed by atoms with van der Waals surface area (Å²) in [4.78, 5) is 55.9. The van der Waals surface area contributed by atoms with Gasteiger partial charge in [-0.3, -0.25) is 14.5 Å². The van der Waals surface area contributed by atoms with Crippen molar-refractivity contribution in [1.29, 1.82) is 0 Å². The van der Waals surface area contributed by atoms with Crippen LogP contribution in [0.1, 0.15) is 49.6 Å². The molecule has 0 radical (unpaired) electrons. The summed E-state index contributed by atoms with van der Waals surface area (Å²) in [5.74, 6) is -1.15. The van der Waals surface area contributed by atoms with Gasteiger partial charge >= 0.3 is 12.1 Å². The molecule has 3 aromatic carbocycles. The minimum Gasteiger partial charge on any atom is -0.448 e. The fourth-order valence-electron chi connectivity index (χ4n) is 5.09. The van der Waals surface area contributed by atoms with E-state index < -0.39 is 53.0 Å². The predicted octanol–water partition coefficient (Wildman–Crippen LogP) is 5.56. The number of hydrogen-bond acceptors (Lipinski definition) is 8. The molecule has 0 spiro atoms. The first kappa shape index (κ1) is 32.2. The maximum absolute atomic E-state index is 13.9. The quantitative estimate of drug-likeness (QED) is 0.230. The van der Waals surface area contributed by atoms with Crippen molar-refractivity contribution >= 4 is 47.4 Å². The predicted molar refractivity (Wildman–Crippen MR) is 175 cm³/mol. The monoisotopic (exact) mass is 645 g/mol. The van der Waals surface area contributed by atoms with Gasteiger partial charge in [-0.15, -0.1) is 23.5 Å². The molecule has 0 aromatic heterocycles. The van der Waals surface area contributed by atoms with Crippen molar-refractivity contribution in [2.24, 2.45) is 0 Å². The van der Waals surface area contributed by atoms with E-state index in [2.05, 4.69) is 10.6 Å². The van der Waals surface area contributed by atoms with Crippen LogP contribution in [0.15, 0.2) is 102 Å². The standard InChI is InChI=1S/C34H35N3O6S2/c1-34(2,3)43-33(41)36-25(21-14-8-5-9-15-21)29(38)35-26-30(39)37-27(24(44-4)20-45-31(26)37)32(40)42-28(22-16-10-6-11-17-22)23-18-12-7-13-19-23/h5-19,25-26,28,31H,20H2,1-4H3,(H,35,38)(H,36,41)/t25?,26-,31-/m1/s1. The van der Waals surface area contributed by atoms with Gasteiger partial charge in [0.1, 0.15) is 28.8 Å². The normalized spacial score (nSPS) is 18.4. The van der Waals surface area contributed by atoms with Crippen molar-refractivity contribution in [1.82, 2.24) is 15.5 Å². The molecule has 3 aromatic rings. The zero-order valence-electron chi connectivity index (χ0n) is 25.4. The van der Waals surface area contributed by atoms with Crippen molar-refractivity contribution in [3.63, 3.8) is 0 Å². The molecule has 2 aliphatic heterocycles. The fourth-order valence-corrected chi connectivity index (χ4v) is 7.34. The fraction of sp³-hybridized carbons (Fsp3) is 0.294. The van der Waals surface area contributed by atoms with E-state index >= 15 is 0 Å². The first-order chi connectivity index (χ1) is 21.6. The van der Waals surface area contributed by atoms with E-state index in [1.807, 2.05) is 66.9 Å². The second-order valence-corrected chi connectivity index (χ2v) is 13.5. The lowest BCUT2D eigenvalue weighted by Gasteiger charge is -2.49. The molecule has 1 fully saturated rings. The number of thioether (sulfide) groups is 2. The Morgan fingerprint density at radius 2 is 1.42 bits per heavy atom. The van der Waals surface area contributed by atoms with E-state index in [0.29, 0.717) is 16.2 Å². The smallest absolute Gasteiger partial charge is 0.408 e. The molecule has 1 saturated heterocycles. The number of hydrogen-bond donors (Lipinski definition) is 2. The Balaban J connectivity index is 1.35. The molecule has 2 aliphatic rings. The van der Waals surface area contributed by atoms with Crippen LogP contribution >= 0.6 is 23.5 Å². The Morgan fingerprint density at radius 1 is 0.889 bits per heavy atom. The van der Waals surface area contributed by atoms with Gasteiger partial charge < -0.3 is 20.1 Å². The molecule has 1 unspecified atom stereocenters. The van der Waals surface area contributed by atoms with E-state index in [9.17, 15) is 19.2 Å². The summed E-state index contributed by atoms with van der Waals surface area (Å²) in [5, 5.41) is 4.93. The highest BCUT2D eigenvalue weighted by Crippen LogP contribution is 2.44. The second kappa shape index (κ2) is 13.8. The van der Waals surface area contributed by atoms with Gasteiger partial charge in [0.05, 0.1) is 0 Å². The van der Waals surface area contributed by atoms with E-state index in [1.54, 1.807) is 51.1 Å². The molecule has 2 N–H and O–H groups in total. The lowest BCUT2D eigenvalue weighted by Crippen LogP contribution is -2.71. The van der Waals surface area contributed by atoms with Crippen LogP contribution in [0, 0.1) is 0 Å². The SMILES string of the molecule is CSC1=C(C(=O)OC(c2ccccc2)c2ccccc2)N2C(=O)[C@@H](NC(=O)C(NC(=O)OC(C)(C)C)c3ccccc3)[C@H]2SC1. The Hall–Kier alpha value is -4.22. The summed E-state index contributed by atoms with van der Waals surface area (Å²) in [6, 6.07) is 25.6. The third-order valence-corrected chi connectivity index (χ3v) is 9.45. The third-order valence-electron chi connectivity index (χ3n) is 7.16. The average molecular weight is 646 g/mol. The molecule has 3 amide bonds. The molecule has 45 heavy (non-hydrogen) atoms. The van der Waals surface area contributed by atoms with E-state index in [0.717, 1.165) is 11.1 Å². The molecular formula is C34H35N3O6S2. The van der Waals surface area contributed by atoms with Gasteiger partial charge in [-0.2, -0.15) is 0 Å². The third kappa shape index (κ3) is 7.37. The molecule has 2 heterocycles. The number of carbonyl (C=O) groups excluding carboxylic acids is 4. The number of benzene rings is 3. The van der Waals surface area contributed by atoms with Crippen LogP contribution in [-0.2, 0) is 23.9 Å². The van der Waals surface area contributed by atoms with Crippen molar-refractivity contribution in [3.8, 4) is 0 Å². The van der Waals surface area contributed by atoms with Gasteiger partial charge in [0.25, 0.3) is 5.91 Å². The minimum atomic E-state index is -1.10. The molecule has 0 aliphatic carbocycles. The Kier molecular flexibility index (Phi) is 9.89. The van der Waals surface area contributed by atoms with E-state index in [1.165, 1.54) is 28.4 Å². The highest BCUT2D eigenvalue weighted by atomic mass is 32.2. The van der Waals surface area contributed by atoms with Crippen LogP contribution in [-0.4, -0.2) is 57.8 Å². The van der Waals surface area contributed by atoms with Crippen LogP contribution < -0.4 is 10.6 Å². The summed E-state index contributed by atoms with van der Waals surface area (Å²) in [6.45, 7) is 5.19. The molecule has 9 nitrogen and oxygen atoms in total. The number of fused-ring (bicyclic) bond motifs is 1. The highest BCUT2D eigenvalue weighted by Gasteiger charge is 2.55. The number of alkyl carbamates (subject to hydrolysis) is 1. The largest absolute Gasteiger partial charge is 0.448 e. The summed E-state index contributed by atoms with van der Waals surface area (Å²) < 4.78 is 11.5. The number of esters is 1. The topological polar surface area (TPSA) is 114 Å². The van der Waals surface area contributed by atoms with Gasteiger partial charge in [-0.05, 0) is 43.7 Å². The summed E-state index contributed by atoms with van der Waals surface area (Å²) in [5.41, 5.74) is 1.55. The van der Waals surface area contributed by atoms with Crippen LogP contribution in [0.3, 0.4) is 0 Å². The number of carbonyl (C=O) groups is 4. The number of β-lactam (4-membered cyclic amide) rings is 1. The number of nitrogens with zero attached hydrogens (tertiary/aromatic N) is 1. The minimum absolute atomic E-state index is 0.185. The molecule has 11 heteroatoms. The lowest BCUT2D eigenvalue weighted by molar-refractivity contribution is -0.154. The number of amides is 3. The van der Waals surface area contributed by atoms with Gasteiger partial charge in [0.2, 0.25) is 5.91 Å². The molecule has 0 bridgehead atoms.